The van der Waals surface area contributed by atoms with Gasteiger partial charge >= 0.3 is 0 Å². The van der Waals surface area contributed by atoms with E-state index in [1.165, 1.54) is 23.5 Å². The van der Waals surface area contributed by atoms with Crippen LogP contribution in [0.15, 0.2) is 66.2 Å². The van der Waals surface area contributed by atoms with Crippen molar-refractivity contribution in [2.75, 3.05) is 18.4 Å². The third-order valence-electron chi connectivity index (χ3n) is 6.45. The van der Waals surface area contributed by atoms with Gasteiger partial charge in [0.05, 0.1) is 0 Å². The highest BCUT2D eigenvalue weighted by molar-refractivity contribution is 7.15. The van der Waals surface area contributed by atoms with Gasteiger partial charge < -0.3 is 10.2 Å². The zero-order chi connectivity index (χ0) is 25.1. The van der Waals surface area contributed by atoms with Crippen LogP contribution in [-0.4, -0.2) is 40.0 Å². The normalized spacial score (nSPS) is 15.0. The third kappa shape index (κ3) is 5.22. The summed E-state index contributed by atoms with van der Waals surface area (Å²) < 4.78 is 14.2. The Kier molecular flexibility index (Phi) is 7.20. The fourth-order valence-electron chi connectivity index (χ4n) is 4.55. The van der Waals surface area contributed by atoms with Gasteiger partial charge in [-0.05, 0) is 60.4 Å². The van der Waals surface area contributed by atoms with Crippen LogP contribution in [-0.2, 0) is 4.79 Å². The highest BCUT2D eigenvalue weighted by Gasteiger charge is 2.29. The molecule has 0 aliphatic carbocycles. The second-order valence-electron chi connectivity index (χ2n) is 8.83. The first kappa shape index (κ1) is 24.3. The SMILES string of the molecule is CC(C(=O)Nc1nncs1)[C@H](c1cccc(F)c1)c1ccc(-c2ccc(C(=O)N3CCCC3)cc2)s1. The summed E-state index contributed by atoms with van der Waals surface area (Å²) in [5.74, 6) is -1.30. The lowest BCUT2D eigenvalue weighted by atomic mass is 9.85. The molecule has 1 aliphatic heterocycles. The Morgan fingerprint density at radius 1 is 1.06 bits per heavy atom. The van der Waals surface area contributed by atoms with Crippen molar-refractivity contribution in [2.45, 2.75) is 25.7 Å². The number of anilines is 1. The molecule has 5 rings (SSSR count). The van der Waals surface area contributed by atoms with Crippen LogP contribution < -0.4 is 5.32 Å². The van der Waals surface area contributed by atoms with E-state index < -0.39 is 5.92 Å². The number of likely N-dealkylation sites (tertiary alicyclic amines) is 1. The molecule has 2 amide bonds. The highest BCUT2D eigenvalue weighted by atomic mass is 32.1. The van der Waals surface area contributed by atoms with Gasteiger partial charge in [0, 0.05) is 40.2 Å². The van der Waals surface area contributed by atoms with E-state index >= 15 is 0 Å². The van der Waals surface area contributed by atoms with Crippen molar-refractivity contribution in [1.82, 2.24) is 15.1 Å². The molecule has 36 heavy (non-hydrogen) atoms. The van der Waals surface area contributed by atoms with E-state index in [2.05, 4.69) is 15.5 Å². The quantitative estimate of drug-likeness (QED) is 0.322. The van der Waals surface area contributed by atoms with Crippen LogP contribution in [0.3, 0.4) is 0 Å². The molecule has 1 aliphatic rings. The summed E-state index contributed by atoms with van der Waals surface area (Å²) in [7, 11) is 0. The summed E-state index contributed by atoms with van der Waals surface area (Å²) in [6, 6.07) is 18.1. The Hall–Kier alpha value is -3.43. The maximum absolute atomic E-state index is 14.2. The minimum Gasteiger partial charge on any atom is -0.339 e. The topological polar surface area (TPSA) is 75.2 Å². The van der Waals surface area contributed by atoms with Crippen molar-refractivity contribution in [3.63, 3.8) is 0 Å². The van der Waals surface area contributed by atoms with Crippen LogP contribution in [0.1, 0.15) is 46.5 Å². The lowest BCUT2D eigenvalue weighted by molar-refractivity contribution is -0.119. The van der Waals surface area contributed by atoms with E-state index in [1.807, 2.05) is 54.3 Å². The Balaban J connectivity index is 1.41. The van der Waals surface area contributed by atoms with Gasteiger partial charge in [0.15, 0.2) is 0 Å². The van der Waals surface area contributed by atoms with Gasteiger partial charge in [-0.3, -0.25) is 9.59 Å². The first-order chi connectivity index (χ1) is 17.5. The Bertz CT molecular complexity index is 1350. The molecule has 2 aromatic carbocycles. The Morgan fingerprint density at radius 2 is 1.83 bits per heavy atom. The van der Waals surface area contributed by atoms with E-state index in [1.54, 1.807) is 22.9 Å². The summed E-state index contributed by atoms with van der Waals surface area (Å²) in [5, 5.41) is 10.9. The Labute approximate surface area is 216 Å². The van der Waals surface area contributed by atoms with Gasteiger partial charge in [-0.25, -0.2) is 4.39 Å². The molecule has 2 atom stereocenters. The van der Waals surface area contributed by atoms with Gasteiger partial charge in [-0.2, -0.15) is 0 Å². The Morgan fingerprint density at radius 3 is 2.53 bits per heavy atom. The molecule has 3 heterocycles. The van der Waals surface area contributed by atoms with Crippen LogP contribution in [0.25, 0.3) is 10.4 Å². The van der Waals surface area contributed by atoms with E-state index in [9.17, 15) is 14.0 Å². The van der Waals surface area contributed by atoms with Gasteiger partial charge in [-0.15, -0.1) is 21.5 Å². The number of amides is 2. The molecule has 9 heteroatoms. The second-order valence-corrected chi connectivity index (χ2v) is 10.8. The van der Waals surface area contributed by atoms with Crippen LogP contribution >= 0.6 is 22.7 Å². The average molecular weight is 521 g/mol. The number of hydrogen-bond donors (Lipinski definition) is 1. The summed E-state index contributed by atoms with van der Waals surface area (Å²) in [4.78, 5) is 29.6. The maximum atomic E-state index is 14.2. The zero-order valence-electron chi connectivity index (χ0n) is 19.7. The molecule has 0 radical (unpaired) electrons. The number of benzene rings is 2. The second kappa shape index (κ2) is 10.7. The number of carbonyl (C=O) groups excluding carboxylic acids is 2. The lowest BCUT2D eigenvalue weighted by Crippen LogP contribution is -2.27. The zero-order valence-corrected chi connectivity index (χ0v) is 21.3. The molecule has 0 spiro atoms. The molecule has 2 aromatic heterocycles. The molecular formula is C27H25FN4O2S2. The van der Waals surface area contributed by atoms with Crippen LogP contribution in [0.4, 0.5) is 9.52 Å². The van der Waals surface area contributed by atoms with Gasteiger partial charge in [-0.1, -0.05) is 42.5 Å². The molecule has 4 aromatic rings. The van der Waals surface area contributed by atoms with E-state index in [0.29, 0.717) is 10.7 Å². The average Bonchev–Trinajstić information content (AvgIpc) is 3.67. The number of nitrogens with one attached hydrogen (secondary N) is 1. The highest BCUT2D eigenvalue weighted by Crippen LogP contribution is 2.40. The number of nitrogens with zero attached hydrogens (tertiary/aromatic N) is 3. The minimum absolute atomic E-state index is 0.0763. The van der Waals surface area contributed by atoms with E-state index in [0.717, 1.165) is 46.8 Å². The van der Waals surface area contributed by atoms with Crippen molar-refractivity contribution in [2.24, 2.45) is 5.92 Å². The maximum Gasteiger partial charge on any atom is 0.253 e. The molecule has 0 saturated carbocycles. The fraction of sp³-hybridized carbons (Fsp3) is 0.259. The number of thiophene rings is 1. The predicted octanol–water partition coefficient (Wildman–Crippen LogP) is 6.05. The van der Waals surface area contributed by atoms with Crippen LogP contribution in [0.5, 0.6) is 0 Å². The molecule has 184 valence electrons. The summed E-state index contributed by atoms with van der Waals surface area (Å²) in [5.41, 5.74) is 3.97. The molecule has 1 N–H and O–H groups in total. The lowest BCUT2D eigenvalue weighted by Gasteiger charge is -2.22. The van der Waals surface area contributed by atoms with Crippen molar-refractivity contribution in [1.29, 1.82) is 0 Å². The fourth-order valence-corrected chi connectivity index (χ4v) is 6.25. The number of halogens is 1. The monoisotopic (exact) mass is 520 g/mol. The molecular weight excluding hydrogens is 495 g/mol. The van der Waals surface area contributed by atoms with Gasteiger partial charge in [0.25, 0.3) is 5.91 Å². The summed E-state index contributed by atoms with van der Waals surface area (Å²) in [6.45, 7) is 3.48. The number of carbonyl (C=O) groups is 2. The first-order valence-corrected chi connectivity index (χ1v) is 13.5. The van der Waals surface area contributed by atoms with Crippen molar-refractivity contribution < 1.29 is 14.0 Å². The van der Waals surface area contributed by atoms with E-state index in [-0.39, 0.29) is 23.5 Å². The largest absolute Gasteiger partial charge is 0.339 e. The molecule has 1 unspecified atom stereocenters. The number of hydrogen-bond acceptors (Lipinski definition) is 6. The molecule has 1 fully saturated rings. The van der Waals surface area contributed by atoms with E-state index in [4.69, 9.17) is 0 Å². The molecule has 0 bridgehead atoms. The van der Waals surface area contributed by atoms with Crippen LogP contribution in [0, 0.1) is 11.7 Å². The number of rotatable bonds is 7. The summed E-state index contributed by atoms with van der Waals surface area (Å²) >= 11 is 2.81. The van der Waals surface area contributed by atoms with Crippen molar-refractivity contribution >= 4 is 39.6 Å². The smallest absolute Gasteiger partial charge is 0.253 e. The van der Waals surface area contributed by atoms with Gasteiger partial charge in [0.2, 0.25) is 11.0 Å². The molecule has 6 nitrogen and oxygen atoms in total. The summed E-state index contributed by atoms with van der Waals surface area (Å²) in [6.07, 6.45) is 2.12. The third-order valence-corrected chi connectivity index (χ3v) is 8.28. The first-order valence-electron chi connectivity index (χ1n) is 11.8. The van der Waals surface area contributed by atoms with Gasteiger partial charge in [0.1, 0.15) is 11.3 Å². The minimum atomic E-state index is -0.484. The van der Waals surface area contributed by atoms with Crippen LogP contribution in [0.2, 0.25) is 0 Å². The standard InChI is InChI=1S/C27H25FN4O2S2/c1-17(25(33)30-27-31-29-16-35-27)24(20-5-4-6-21(28)15-20)23-12-11-22(36-23)18-7-9-19(10-8-18)26(34)32-13-2-3-14-32/h4-12,15-17,24H,2-3,13-14H2,1H3,(H,30,31,33)/t17?,24-/m1/s1. The van der Waals surface area contributed by atoms with Crippen molar-refractivity contribution in [3.05, 3.63) is 88.0 Å². The molecule has 1 saturated heterocycles. The predicted molar refractivity (Wildman–Crippen MR) is 141 cm³/mol. The van der Waals surface area contributed by atoms with Crippen molar-refractivity contribution in [3.8, 4) is 10.4 Å². The number of aromatic nitrogens is 2.